The minimum atomic E-state index is -0.128. The molecule has 2 aromatic rings. The Labute approximate surface area is 136 Å². The molecule has 23 heavy (non-hydrogen) atoms. The van der Waals surface area contributed by atoms with Crippen LogP contribution in [0.2, 0.25) is 0 Å². The van der Waals surface area contributed by atoms with Crippen LogP contribution in [0.3, 0.4) is 0 Å². The molecular formula is C18H22N2O3. The maximum absolute atomic E-state index is 12.3. The number of anilines is 1. The predicted octanol–water partition coefficient (Wildman–Crippen LogP) is 2.57. The standard InChI is InChI=1S/C18H22N2O3/c1-12-4-5-14(19)11-16(12)18(21)20-9-8-13-10-15(22-2)6-7-17(13)23-3/h4-7,10-11H,8-9,19H2,1-3H3,(H,20,21). The summed E-state index contributed by atoms with van der Waals surface area (Å²) >= 11 is 0. The summed E-state index contributed by atoms with van der Waals surface area (Å²) in [5.41, 5.74) is 8.80. The van der Waals surface area contributed by atoms with E-state index in [0.29, 0.717) is 24.2 Å². The summed E-state index contributed by atoms with van der Waals surface area (Å²) in [6.07, 6.45) is 0.646. The molecule has 0 aliphatic rings. The highest BCUT2D eigenvalue weighted by molar-refractivity contribution is 5.96. The van der Waals surface area contributed by atoms with E-state index in [4.69, 9.17) is 15.2 Å². The molecule has 0 radical (unpaired) electrons. The Bertz CT molecular complexity index is 699. The van der Waals surface area contributed by atoms with Crippen molar-refractivity contribution in [2.75, 3.05) is 26.5 Å². The molecule has 5 heteroatoms. The topological polar surface area (TPSA) is 73.6 Å². The molecule has 0 atom stereocenters. The zero-order chi connectivity index (χ0) is 16.8. The van der Waals surface area contributed by atoms with Gasteiger partial charge in [-0.25, -0.2) is 0 Å². The third-order valence-electron chi connectivity index (χ3n) is 3.67. The van der Waals surface area contributed by atoms with Gasteiger partial charge in [0.2, 0.25) is 0 Å². The molecule has 0 bridgehead atoms. The molecule has 122 valence electrons. The van der Waals surface area contributed by atoms with Crippen LogP contribution in [0, 0.1) is 6.92 Å². The zero-order valence-corrected chi connectivity index (χ0v) is 13.7. The second-order valence-electron chi connectivity index (χ2n) is 5.26. The predicted molar refractivity (Wildman–Crippen MR) is 91.2 cm³/mol. The van der Waals surface area contributed by atoms with Crippen LogP contribution in [0.1, 0.15) is 21.5 Å². The third-order valence-corrected chi connectivity index (χ3v) is 3.67. The molecule has 0 aromatic heterocycles. The average molecular weight is 314 g/mol. The number of carbonyl (C=O) groups is 1. The number of rotatable bonds is 6. The summed E-state index contributed by atoms with van der Waals surface area (Å²) in [6.45, 7) is 2.38. The van der Waals surface area contributed by atoms with Gasteiger partial charge >= 0.3 is 0 Å². The molecule has 0 heterocycles. The summed E-state index contributed by atoms with van der Waals surface area (Å²) in [5.74, 6) is 1.41. The maximum atomic E-state index is 12.3. The average Bonchev–Trinajstić information content (AvgIpc) is 2.56. The van der Waals surface area contributed by atoms with Crippen LogP contribution in [-0.2, 0) is 6.42 Å². The van der Waals surface area contributed by atoms with E-state index in [9.17, 15) is 4.79 Å². The lowest BCUT2D eigenvalue weighted by Gasteiger charge is -2.12. The quantitative estimate of drug-likeness (QED) is 0.804. The first-order valence-electron chi connectivity index (χ1n) is 7.40. The summed E-state index contributed by atoms with van der Waals surface area (Å²) in [5, 5.41) is 2.91. The van der Waals surface area contributed by atoms with Gasteiger partial charge in [-0.1, -0.05) is 6.07 Å². The summed E-state index contributed by atoms with van der Waals surface area (Å²) in [4.78, 5) is 12.3. The smallest absolute Gasteiger partial charge is 0.251 e. The minimum Gasteiger partial charge on any atom is -0.497 e. The highest BCUT2D eigenvalue weighted by Crippen LogP contribution is 2.24. The highest BCUT2D eigenvalue weighted by atomic mass is 16.5. The van der Waals surface area contributed by atoms with Gasteiger partial charge in [-0.2, -0.15) is 0 Å². The first kappa shape index (κ1) is 16.7. The number of methoxy groups -OCH3 is 2. The van der Waals surface area contributed by atoms with E-state index >= 15 is 0 Å². The molecule has 0 spiro atoms. The molecule has 0 unspecified atom stereocenters. The van der Waals surface area contributed by atoms with Crippen molar-refractivity contribution < 1.29 is 14.3 Å². The molecule has 5 nitrogen and oxygen atoms in total. The van der Waals surface area contributed by atoms with Crippen LogP contribution >= 0.6 is 0 Å². The number of aryl methyl sites for hydroxylation is 1. The third kappa shape index (κ3) is 4.16. The summed E-state index contributed by atoms with van der Waals surface area (Å²) in [7, 11) is 3.25. The number of benzene rings is 2. The Balaban J connectivity index is 2.02. The van der Waals surface area contributed by atoms with Crippen LogP contribution in [-0.4, -0.2) is 26.7 Å². The Morgan fingerprint density at radius 2 is 1.91 bits per heavy atom. The van der Waals surface area contributed by atoms with Crippen LogP contribution in [0.25, 0.3) is 0 Å². The van der Waals surface area contributed by atoms with E-state index in [1.165, 1.54) is 0 Å². The normalized spacial score (nSPS) is 10.2. The second-order valence-corrected chi connectivity index (χ2v) is 5.26. The number of nitrogens with two attached hydrogens (primary N) is 1. The molecule has 0 aliphatic heterocycles. The zero-order valence-electron chi connectivity index (χ0n) is 13.7. The van der Waals surface area contributed by atoms with Crippen molar-refractivity contribution in [3.8, 4) is 11.5 Å². The van der Waals surface area contributed by atoms with Gasteiger partial charge in [0.05, 0.1) is 14.2 Å². The monoisotopic (exact) mass is 314 g/mol. The van der Waals surface area contributed by atoms with Crippen molar-refractivity contribution >= 4 is 11.6 Å². The van der Waals surface area contributed by atoms with E-state index in [-0.39, 0.29) is 5.91 Å². The number of carbonyl (C=O) groups excluding carboxylic acids is 1. The molecular weight excluding hydrogens is 292 g/mol. The molecule has 2 rings (SSSR count). The van der Waals surface area contributed by atoms with Gasteiger partial charge in [0.25, 0.3) is 5.91 Å². The number of hydrogen-bond donors (Lipinski definition) is 2. The molecule has 0 aliphatic carbocycles. The molecule has 3 N–H and O–H groups in total. The molecule has 0 saturated heterocycles. The number of nitrogen functional groups attached to an aromatic ring is 1. The van der Waals surface area contributed by atoms with Crippen LogP contribution in [0.5, 0.6) is 11.5 Å². The Morgan fingerprint density at radius 1 is 1.13 bits per heavy atom. The lowest BCUT2D eigenvalue weighted by molar-refractivity contribution is 0.0953. The van der Waals surface area contributed by atoms with Crippen molar-refractivity contribution in [2.45, 2.75) is 13.3 Å². The maximum Gasteiger partial charge on any atom is 0.251 e. The summed E-state index contributed by atoms with van der Waals surface area (Å²) in [6, 6.07) is 10.9. The Morgan fingerprint density at radius 3 is 2.61 bits per heavy atom. The van der Waals surface area contributed by atoms with Crippen molar-refractivity contribution in [1.82, 2.24) is 5.32 Å². The van der Waals surface area contributed by atoms with Crippen LogP contribution in [0.4, 0.5) is 5.69 Å². The summed E-state index contributed by atoms with van der Waals surface area (Å²) < 4.78 is 10.6. The highest BCUT2D eigenvalue weighted by Gasteiger charge is 2.10. The van der Waals surface area contributed by atoms with Crippen molar-refractivity contribution in [2.24, 2.45) is 0 Å². The van der Waals surface area contributed by atoms with E-state index in [0.717, 1.165) is 22.6 Å². The number of hydrogen-bond acceptors (Lipinski definition) is 4. The van der Waals surface area contributed by atoms with Crippen molar-refractivity contribution in [1.29, 1.82) is 0 Å². The van der Waals surface area contributed by atoms with Gasteiger partial charge in [0, 0.05) is 17.8 Å². The first-order valence-corrected chi connectivity index (χ1v) is 7.40. The van der Waals surface area contributed by atoms with Crippen molar-refractivity contribution in [3.63, 3.8) is 0 Å². The van der Waals surface area contributed by atoms with E-state index in [1.54, 1.807) is 26.4 Å². The molecule has 2 aromatic carbocycles. The Kier molecular flexibility index (Phi) is 5.46. The SMILES string of the molecule is COc1ccc(OC)c(CCNC(=O)c2cc(N)ccc2C)c1. The van der Waals surface area contributed by atoms with Gasteiger partial charge in [-0.3, -0.25) is 4.79 Å². The fourth-order valence-corrected chi connectivity index (χ4v) is 2.37. The van der Waals surface area contributed by atoms with Crippen LogP contribution in [0.15, 0.2) is 36.4 Å². The first-order chi connectivity index (χ1) is 11.0. The number of ether oxygens (including phenoxy) is 2. The van der Waals surface area contributed by atoms with Gasteiger partial charge < -0.3 is 20.5 Å². The lowest BCUT2D eigenvalue weighted by Crippen LogP contribution is -2.26. The van der Waals surface area contributed by atoms with E-state index in [1.807, 2.05) is 31.2 Å². The van der Waals surface area contributed by atoms with Gasteiger partial charge in [-0.15, -0.1) is 0 Å². The molecule has 0 saturated carbocycles. The molecule has 1 amide bonds. The van der Waals surface area contributed by atoms with Gasteiger partial charge in [0.1, 0.15) is 11.5 Å². The Hall–Kier alpha value is -2.69. The van der Waals surface area contributed by atoms with Crippen molar-refractivity contribution in [3.05, 3.63) is 53.1 Å². The largest absolute Gasteiger partial charge is 0.497 e. The number of amides is 1. The lowest BCUT2D eigenvalue weighted by atomic mass is 10.1. The van der Waals surface area contributed by atoms with Crippen LogP contribution < -0.4 is 20.5 Å². The fraction of sp³-hybridized carbons (Fsp3) is 0.278. The fourth-order valence-electron chi connectivity index (χ4n) is 2.37. The minimum absolute atomic E-state index is 0.128. The van der Waals surface area contributed by atoms with Gasteiger partial charge in [-0.05, 0) is 54.8 Å². The van der Waals surface area contributed by atoms with E-state index in [2.05, 4.69) is 5.32 Å². The second kappa shape index (κ2) is 7.54. The van der Waals surface area contributed by atoms with E-state index < -0.39 is 0 Å². The van der Waals surface area contributed by atoms with Gasteiger partial charge in [0.15, 0.2) is 0 Å². The number of nitrogens with one attached hydrogen (secondary N) is 1. The molecule has 0 fully saturated rings.